The van der Waals surface area contributed by atoms with Crippen molar-refractivity contribution in [3.05, 3.63) is 47.5 Å². The zero-order valence-corrected chi connectivity index (χ0v) is 12.3. The van der Waals surface area contributed by atoms with Crippen LogP contribution in [0.4, 0.5) is 5.69 Å². The Morgan fingerprint density at radius 3 is 2.30 bits per heavy atom. The number of nitrogens with two attached hydrogens (primary N) is 1. The third-order valence-electron chi connectivity index (χ3n) is 2.88. The summed E-state index contributed by atoms with van der Waals surface area (Å²) >= 11 is 0. The molecule has 20 heavy (non-hydrogen) atoms. The Morgan fingerprint density at radius 2 is 1.65 bits per heavy atom. The molecule has 3 heteroatoms. The Labute approximate surface area is 120 Å². The lowest BCUT2D eigenvalue weighted by atomic mass is 10.1. The molecule has 0 fully saturated rings. The van der Waals surface area contributed by atoms with Crippen molar-refractivity contribution in [2.45, 2.75) is 27.2 Å². The Hall–Kier alpha value is -2.16. The first-order valence-corrected chi connectivity index (χ1v) is 6.87. The minimum absolute atomic E-state index is 0.631. The van der Waals surface area contributed by atoms with E-state index in [2.05, 4.69) is 26.8 Å². The first kappa shape index (κ1) is 14.3. The summed E-state index contributed by atoms with van der Waals surface area (Å²) in [5.74, 6) is 2.23. The molecule has 3 nitrogen and oxygen atoms in total. The molecule has 2 aromatic rings. The topological polar surface area (TPSA) is 44.5 Å². The summed E-state index contributed by atoms with van der Waals surface area (Å²) in [4.78, 5) is 0. The second-order valence-corrected chi connectivity index (χ2v) is 4.97. The number of benzene rings is 2. The van der Waals surface area contributed by atoms with Crippen LogP contribution in [0, 0.1) is 13.8 Å². The van der Waals surface area contributed by atoms with Crippen molar-refractivity contribution in [2.24, 2.45) is 0 Å². The molecule has 0 saturated heterocycles. The maximum absolute atomic E-state index is 5.89. The van der Waals surface area contributed by atoms with Crippen molar-refractivity contribution in [1.29, 1.82) is 0 Å². The molecule has 0 heterocycles. The van der Waals surface area contributed by atoms with Crippen molar-refractivity contribution in [2.75, 3.05) is 12.3 Å². The minimum atomic E-state index is 0.631. The van der Waals surface area contributed by atoms with Crippen LogP contribution < -0.4 is 15.2 Å². The Kier molecular flexibility index (Phi) is 4.51. The van der Waals surface area contributed by atoms with E-state index in [0.717, 1.165) is 17.9 Å². The number of rotatable bonds is 5. The number of ether oxygens (including phenoxy) is 2. The van der Waals surface area contributed by atoms with E-state index in [0.29, 0.717) is 18.0 Å². The van der Waals surface area contributed by atoms with Gasteiger partial charge in [-0.3, -0.25) is 0 Å². The fraction of sp³-hybridized carbons (Fsp3) is 0.294. The zero-order chi connectivity index (χ0) is 14.5. The molecule has 0 amide bonds. The van der Waals surface area contributed by atoms with Crippen LogP contribution >= 0.6 is 0 Å². The van der Waals surface area contributed by atoms with Crippen molar-refractivity contribution in [1.82, 2.24) is 0 Å². The highest BCUT2D eigenvalue weighted by molar-refractivity contribution is 5.56. The molecule has 0 aliphatic heterocycles. The molecule has 2 rings (SSSR count). The van der Waals surface area contributed by atoms with Gasteiger partial charge in [0, 0.05) is 6.07 Å². The Morgan fingerprint density at radius 1 is 0.950 bits per heavy atom. The molecule has 0 spiro atoms. The third kappa shape index (κ3) is 3.67. The van der Waals surface area contributed by atoms with Crippen LogP contribution in [0.2, 0.25) is 0 Å². The molecular weight excluding hydrogens is 250 g/mol. The summed E-state index contributed by atoms with van der Waals surface area (Å²) in [5, 5.41) is 0. The van der Waals surface area contributed by atoms with Crippen LogP contribution in [0.3, 0.4) is 0 Å². The average Bonchev–Trinajstić information content (AvgIpc) is 2.38. The minimum Gasteiger partial charge on any atom is -0.491 e. The summed E-state index contributed by atoms with van der Waals surface area (Å²) in [7, 11) is 0. The zero-order valence-electron chi connectivity index (χ0n) is 12.3. The van der Waals surface area contributed by atoms with E-state index in [1.165, 1.54) is 11.1 Å². The first-order valence-electron chi connectivity index (χ1n) is 6.87. The van der Waals surface area contributed by atoms with Crippen LogP contribution in [-0.2, 0) is 0 Å². The number of hydrogen-bond acceptors (Lipinski definition) is 3. The summed E-state index contributed by atoms with van der Waals surface area (Å²) in [6, 6.07) is 11.6. The third-order valence-corrected chi connectivity index (χ3v) is 2.88. The van der Waals surface area contributed by atoms with Gasteiger partial charge in [-0.25, -0.2) is 0 Å². The van der Waals surface area contributed by atoms with Gasteiger partial charge in [-0.05, 0) is 55.7 Å². The normalized spacial score (nSPS) is 10.3. The predicted octanol–water partition coefficient (Wildman–Crippen LogP) is 4.47. The van der Waals surface area contributed by atoms with Gasteiger partial charge < -0.3 is 15.2 Å². The van der Waals surface area contributed by atoms with E-state index in [1.807, 2.05) is 30.3 Å². The van der Waals surface area contributed by atoms with Crippen LogP contribution in [0.5, 0.6) is 17.2 Å². The molecular formula is C17H21NO2. The fourth-order valence-electron chi connectivity index (χ4n) is 2.04. The molecule has 0 aromatic heterocycles. The second kappa shape index (κ2) is 6.33. The lowest BCUT2D eigenvalue weighted by molar-refractivity contribution is 0.317. The van der Waals surface area contributed by atoms with E-state index in [9.17, 15) is 0 Å². The molecule has 0 atom stereocenters. The summed E-state index contributed by atoms with van der Waals surface area (Å²) in [5.41, 5.74) is 8.88. The Bertz CT molecular complexity index is 573. The van der Waals surface area contributed by atoms with Crippen LogP contribution in [-0.4, -0.2) is 6.61 Å². The lowest BCUT2D eigenvalue weighted by Crippen LogP contribution is -1.99. The van der Waals surface area contributed by atoms with Crippen molar-refractivity contribution >= 4 is 5.69 Å². The number of nitrogen functional groups attached to an aromatic ring is 1. The average molecular weight is 271 g/mol. The predicted molar refractivity (Wildman–Crippen MR) is 82.6 cm³/mol. The molecule has 0 bridgehead atoms. The maximum atomic E-state index is 5.89. The highest BCUT2D eigenvalue weighted by Crippen LogP contribution is 2.30. The van der Waals surface area contributed by atoms with Gasteiger partial charge in [0.2, 0.25) is 0 Å². The molecule has 0 radical (unpaired) electrons. The summed E-state index contributed by atoms with van der Waals surface area (Å²) < 4.78 is 11.5. The van der Waals surface area contributed by atoms with E-state index in [-0.39, 0.29) is 0 Å². The van der Waals surface area contributed by atoms with Crippen LogP contribution in [0.1, 0.15) is 24.5 Å². The summed E-state index contributed by atoms with van der Waals surface area (Å²) in [6.45, 7) is 6.82. The number of aryl methyl sites for hydroxylation is 2. The van der Waals surface area contributed by atoms with Gasteiger partial charge >= 0.3 is 0 Å². The van der Waals surface area contributed by atoms with Gasteiger partial charge in [0.25, 0.3) is 0 Å². The van der Waals surface area contributed by atoms with Crippen molar-refractivity contribution in [3.63, 3.8) is 0 Å². The second-order valence-electron chi connectivity index (χ2n) is 4.97. The smallest absolute Gasteiger partial charge is 0.145 e. The monoisotopic (exact) mass is 271 g/mol. The van der Waals surface area contributed by atoms with Crippen molar-refractivity contribution in [3.8, 4) is 17.2 Å². The molecule has 0 unspecified atom stereocenters. The Balaban J connectivity index is 2.20. The van der Waals surface area contributed by atoms with Gasteiger partial charge in [0.1, 0.15) is 17.2 Å². The largest absolute Gasteiger partial charge is 0.491 e. The molecule has 0 saturated carbocycles. The van der Waals surface area contributed by atoms with Gasteiger partial charge in [-0.1, -0.05) is 13.0 Å². The maximum Gasteiger partial charge on any atom is 0.145 e. The lowest BCUT2D eigenvalue weighted by Gasteiger charge is -2.12. The molecule has 106 valence electrons. The quantitative estimate of drug-likeness (QED) is 0.816. The van der Waals surface area contributed by atoms with Crippen LogP contribution in [0.15, 0.2) is 36.4 Å². The molecule has 2 aromatic carbocycles. The molecule has 2 N–H and O–H groups in total. The van der Waals surface area contributed by atoms with E-state index >= 15 is 0 Å². The van der Waals surface area contributed by atoms with E-state index in [1.54, 1.807) is 0 Å². The van der Waals surface area contributed by atoms with Gasteiger partial charge in [0.15, 0.2) is 0 Å². The van der Waals surface area contributed by atoms with E-state index < -0.39 is 0 Å². The van der Waals surface area contributed by atoms with Gasteiger partial charge in [0.05, 0.1) is 12.3 Å². The highest BCUT2D eigenvalue weighted by atomic mass is 16.5. The first-order chi connectivity index (χ1) is 9.58. The number of anilines is 1. The standard InChI is InChI=1S/C17H21NO2/c1-4-7-19-17-11-14(5-6-16(17)18)20-15-9-12(2)8-13(3)10-15/h5-6,8-11H,4,7,18H2,1-3H3. The van der Waals surface area contributed by atoms with Crippen molar-refractivity contribution < 1.29 is 9.47 Å². The number of hydrogen-bond donors (Lipinski definition) is 1. The molecule has 0 aliphatic carbocycles. The molecule has 0 aliphatic rings. The van der Waals surface area contributed by atoms with E-state index in [4.69, 9.17) is 15.2 Å². The highest BCUT2D eigenvalue weighted by Gasteiger charge is 2.05. The van der Waals surface area contributed by atoms with Gasteiger partial charge in [-0.15, -0.1) is 0 Å². The van der Waals surface area contributed by atoms with Gasteiger partial charge in [-0.2, -0.15) is 0 Å². The SMILES string of the molecule is CCCOc1cc(Oc2cc(C)cc(C)c2)ccc1N. The summed E-state index contributed by atoms with van der Waals surface area (Å²) in [6.07, 6.45) is 0.946. The van der Waals surface area contributed by atoms with Crippen LogP contribution in [0.25, 0.3) is 0 Å². The fourth-order valence-corrected chi connectivity index (χ4v) is 2.04.